The Morgan fingerprint density at radius 1 is 1.22 bits per heavy atom. The van der Waals surface area contributed by atoms with Gasteiger partial charge in [0.1, 0.15) is 6.04 Å². The molecule has 1 aliphatic carbocycles. The first kappa shape index (κ1) is 20.6. The van der Waals surface area contributed by atoms with Gasteiger partial charge >= 0.3 is 0 Å². The molecule has 7 heteroatoms. The molecule has 0 bridgehead atoms. The lowest BCUT2D eigenvalue weighted by molar-refractivity contribution is -0.143. The van der Waals surface area contributed by atoms with Crippen molar-refractivity contribution in [1.29, 1.82) is 0 Å². The van der Waals surface area contributed by atoms with Crippen LogP contribution in [0.2, 0.25) is 10.0 Å². The van der Waals surface area contributed by atoms with E-state index in [2.05, 4.69) is 5.32 Å². The van der Waals surface area contributed by atoms with E-state index in [1.54, 1.807) is 23.1 Å². The summed E-state index contributed by atoms with van der Waals surface area (Å²) in [5.74, 6) is 0.0736. The molecule has 2 unspecified atom stereocenters. The number of piperazine rings is 1. The molecule has 1 aromatic rings. The zero-order valence-electron chi connectivity index (χ0n) is 15.4. The Labute approximate surface area is 170 Å². The van der Waals surface area contributed by atoms with Crippen LogP contribution < -0.4 is 11.1 Å². The molecule has 1 aliphatic heterocycles. The number of halogens is 2. The lowest BCUT2D eigenvalue weighted by Crippen LogP contribution is -2.61. The zero-order chi connectivity index (χ0) is 19.4. The standard InChI is InChI=1S/C20H27Cl2N3O2/c21-15-7-6-14(16(22)11-15)10-17(23)20(27)25-9-8-24-12-18(25)19(26)13-4-2-1-3-5-13/h6-7,11,13,17-18,24H,1-5,8-10,12,23H2. The number of nitrogens with two attached hydrogens (primary N) is 1. The number of benzene rings is 1. The minimum absolute atomic E-state index is 0.0703. The van der Waals surface area contributed by atoms with Crippen LogP contribution in [0.3, 0.4) is 0 Å². The highest BCUT2D eigenvalue weighted by Crippen LogP contribution is 2.27. The van der Waals surface area contributed by atoms with Crippen molar-refractivity contribution in [3.8, 4) is 0 Å². The Hall–Kier alpha value is -1.14. The summed E-state index contributed by atoms with van der Waals surface area (Å²) in [5, 5.41) is 4.30. The van der Waals surface area contributed by atoms with E-state index in [0.29, 0.717) is 36.1 Å². The fourth-order valence-electron chi connectivity index (χ4n) is 4.11. The summed E-state index contributed by atoms with van der Waals surface area (Å²) in [7, 11) is 0. The molecule has 2 fully saturated rings. The van der Waals surface area contributed by atoms with Gasteiger partial charge in [-0.2, -0.15) is 0 Å². The molecule has 27 heavy (non-hydrogen) atoms. The van der Waals surface area contributed by atoms with Crippen molar-refractivity contribution in [2.75, 3.05) is 19.6 Å². The van der Waals surface area contributed by atoms with Crippen LogP contribution in [0.5, 0.6) is 0 Å². The first-order chi connectivity index (χ1) is 13.0. The number of nitrogens with zero attached hydrogens (tertiary/aromatic N) is 1. The van der Waals surface area contributed by atoms with Gasteiger partial charge in [-0.25, -0.2) is 0 Å². The predicted molar refractivity (Wildman–Crippen MR) is 108 cm³/mol. The third-order valence-corrected chi connectivity index (χ3v) is 6.22. The summed E-state index contributed by atoms with van der Waals surface area (Å²) >= 11 is 12.1. The second-order valence-corrected chi connectivity index (χ2v) is 8.38. The monoisotopic (exact) mass is 411 g/mol. The van der Waals surface area contributed by atoms with Crippen LogP contribution >= 0.6 is 23.2 Å². The molecule has 2 atom stereocenters. The molecule has 3 N–H and O–H groups in total. The number of rotatable bonds is 5. The van der Waals surface area contributed by atoms with Crippen molar-refractivity contribution < 1.29 is 9.59 Å². The first-order valence-electron chi connectivity index (χ1n) is 9.72. The first-order valence-corrected chi connectivity index (χ1v) is 10.5. The summed E-state index contributed by atoms with van der Waals surface area (Å²) in [4.78, 5) is 27.7. The van der Waals surface area contributed by atoms with Gasteiger partial charge in [0.05, 0.1) is 6.04 Å². The second kappa shape index (κ2) is 9.37. The average Bonchev–Trinajstić information content (AvgIpc) is 2.69. The van der Waals surface area contributed by atoms with Crippen LogP contribution in [0, 0.1) is 5.92 Å². The molecular formula is C20H27Cl2N3O2. The lowest BCUT2D eigenvalue weighted by Gasteiger charge is -2.38. The SMILES string of the molecule is NC(Cc1ccc(Cl)cc1Cl)C(=O)N1CCNCC1C(=O)C1CCCCC1. The predicted octanol–water partition coefficient (Wildman–Crippen LogP) is 2.81. The molecule has 0 aromatic heterocycles. The van der Waals surface area contributed by atoms with Crippen molar-refractivity contribution in [3.05, 3.63) is 33.8 Å². The van der Waals surface area contributed by atoms with E-state index in [0.717, 1.165) is 31.2 Å². The molecule has 0 radical (unpaired) electrons. The van der Waals surface area contributed by atoms with Crippen molar-refractivity contribution >= 4 is 34.9 Å². The molecular weight excluding hydrogens is 385 g/mol. The van der Waals surface area contributed by atoms with E-state index < -0.39 is 12.1 Å². The van der Waals surface area contributed by atoms with E-state index in [1.807, 2.05) is 0 Å². The number of carbonyl (C=O) groups is 2. The molecule has 1 saturated heterocycles. The second-order valence-electron chi connectivity index (χ2n) is 7.54. The van der Waals surface area contributed by atoms with Gasteiger partial charge in [-0.15, -0.1) is 0 Å². The highest BCUT2D eigenvalue weighted by molar-refractivity contribution is 6.35. The fourth-order valence-corrected chi connectivity index (χ4v) is 4.59. The molecule has 2 aliphatic rings. The number of carbonyl (C=O) groups excluding carboxylic acids is 2. The van der Waals surface area contributed by atoms with Gasteiger partial charge < -0.3 is 16.0 Å². The number of amides is 1. The van der Waals surface area contributed by atoms with Crippen LogP contribution in [0.4, 0.5) is 0 Å². The summed E-state index contributed by atoms with van der Waals surface area (Å²) < 4.78 is 0. The number of ketones is 1. The molecule has 3 rings (SSSR count). The number of nitrogens with one attached hydrogen (secondary N) is 1. The number of hydrogen-bond donors (Lipinski definition) is 2. The van der Waals surface area contributed by atoms with E-state index in [9.17, 15) is 9.59 Å². The van der Waals surface area contributed by atoms with Crippen LogP contribution in [0.25, 0.3) is 0 Å². The molecule has 1 amide bonds. The minimum atomic E-state index is -0.733. The summed E-state index contributed by atoms with van der Waals surface area (Å²) in [6, 6.07) is 4.03. The molecule has 1 heterocycles. The third kappa shape index (κ3) is 5.02. The van der Waals surface area contributed by atoms with Gasteiger partial charge in [-0.3, -0.25) is 9.59 Å². The van der Waals surface area contributed by atoms with Crippen LogP contribution in [-0.4, -0.2) is 48.3 Å². The van der Waals surface area contributed by atoms with Crippen LogP contribution in [-0.2, 0) is 16.0 Å². The minimum Gasteiger partial charge on any atom is -0.329 e. The van der Waals surface area contributed by atoms with Gasteiger partial charge in [0.25, 0.3) is 0 Å². The maximum Gasteiger partial charge on any atom is 0.240 e. The summed E-state index contributed by atoms with van der Waals surface area (Å²) in [5.41, 5.74) is 7.00. The summed E-state index contributed by atoms with van der Waals surface area (Å²) in [6.45, 7) is 1.69. The number of hydrogen-bond acceptors (Lipinski definition) is 4. The molecule has 5 nitrogen and oxygen atoms in total. The third-order valence-electron chi connectivity index (χ3n) is 5.63. The Morgan fingerprint density at radius 3 is 2.67 bits per heavy atom. The Balaban J connectivity index is 1.69. The van der Waals surface area contributed by atoms with Gasteiger partial charge in [0, 0.05) is 35.6 Å². The van der Waals surface area contributed by atoms with E-state index in [4.69, 9.17) is 28.9 Å². The van der Waals surface area contributed by atoms with Crippen LogP contribution in [0.1, 0.15) is 37.7 Å². The smallest absolute Gasteiger partial charge is 0.240 e. The topological polar surface area (TPSA) is 75.4 Å². The Kier molecular flexibility index (Phi) is 7.15. The molecule has 148 valence electrons. The van der Waals surface area contributed by atoms with E-state index in [-0.39, 0.29) is 17.6 Å². The lowest BCUT2D eigenvalue weighted by atomic mass is 9.83. The fraction of sp³-hybridized carbons (Fsp3) is 0.600. The van der Waals surface area contributed by atoms with Gasteiger partial charge in [0.15, 0.2) is 5.78 Å². The van der Waals surface area contributed by atoms with Crippen LogP contribution in [0.15, 0.2) is 18.2 Å². The molecule has 1 aromatic carbocycles. The van der Waals surface area contributed by atoms with Crippen molar-refractivity contribution in [1.82, 2.24) is 10.2 Å². The van der Waals surface area contributed by atoms with Gasteiger partial charge in [-0.05, 0) is 37.0 Å². The van der Waals surface area contributed by atoms with Crippen molar-refractivity contribution in [3.63, 3.8) is 0 Å². The maximum atomic E-state index is 13.0. The quantitative estimate of drug-likeness (QED) is 0.780. The largest absolute Gasteiger partial charge is 0.329 e. The van der Waals surface area contributed by atoms with Gasteiger partial charge in [0.2, 0.25) is 5.91 Å². The normalized spacial score (nSPS) is 22.5. The average molecular weight is 412 g/mol. The zero-order valence-corrected chi connectivity index (χ0v) is 16.9. The number of Topliss-reactive ketones (excluding diaryl/α,β-unsaturated/α-hetero) is 1. The Bertz CT molecular complexity index is 692. The molecule has 1 saturated carbocycles. The Morgan fingerprint density at radius 2 is 1.96 bits per heavy atom. The maximum absolute atomic E-state index is 13.0. The highest BCUT2D eigenvalue weighted by atomic mass is 35.5. The highest BCUT2D eigenvalue weighted by Gasteiger charge is 2.37. The summed E-state index contributed by atoms with van der Waals surface area (Å²) in [6.07, 6.45) is 5.58. The van der Waals surface area contributed by atoms with E-state index in [1.165, 1.54) is 6.42 Å². The van der Waals surface area contributed by atoms with E-state index >= 15 is 0 Å². The van der Waals surface area contributed by atoms with Gasteiger partial charge in [-0.1, -0.05) is 48.5 Å². The molecule has 0 spiro atoms. The van der Waals surface area contributed by atoms with Crippen molar-refractivity contribution in [2.45, 2.75) is 50.6 Å². The van der Waals surface area contributed by atoms with Crippen molar-refractivity contribution in [2.24, 2.45) is 11.7 Å².